The molecule has 0 aliphatic carbocycles. The van der Waals surface area contributed by atoms with E-state index >= 15 is 0 Å². The van der Waals surface area contributed by atoms with Gasteiger partial charge in [0.15, 0.2) is 11.5 Å². The van der Waals surface area contributed by atoms with Gasteiger partial charge >= 0.3 is 0 Å². The molecule has 1 aromatic rings. The van der Waals surface area contributed by atoms with Gasteiger partial charge in [0, 0.05) is 11.5 Å². The fraction of sp³-hybridized carbons (Fsp3) is 0.571. The third-order valence-electron chi connectivity index (χ3n) is 4.08. The van der Waals surface area contributed by atoms with Gasteiger partial charge in [0.2, 0.25) is 0 Å². The minimum atomic E-state index is 0.531. The normalized spacial score (nSPS) is 27.9. The first-order valence-electron chi connectivity index (χ1n) is 6.31. The number of hydrogen-bond donors (Lipinski definition) is 0. The summed E-state index contributed by atoms with van der Waals surface area (Å²) in [6, 6.07) is 6.76. The SMILES string of the molecule is COc1cccc2c1OC[C@H]1[C@H]2CCCN1C. The minimum Gasteiger partial charge on any atom is -0.493 e. The predicted octanol–water partition coefficient (Wildman–Crippen LogP) is 2.27. The Balaban J connectivity index is 2.01. The quantitative estimate of drug-likeness (QED) is 0.742. The van der Waals surface area contributed by atoms with E-state index < -0.39 is 0 Å². The second-order valence-corrected chi connectivity index (χ2v) is 4.99. The molecule has 2 heterocycles. The van der Waals surface area contributed by atoms with Crippen LogP contribution in [0.25, 0.3) is 0 Å². The lowest BCUT2D eigenvalue weighted by Gasteiger charge is -2.42. The summed E-state index contributed by atoms with van der Waals surface area (Å²) in [6.45, 7) is 1.97. The van der Waals surface area contributed by atoms with Crippen molar-refractivity contribution in [3.05, 3.63) is 23.8 Å². The highest BCUT2D eigenvalue weighted by Gasteiger charge is 2.36. The molecule has 2 aliphatic rings. The van der Waals surface area contributed by atoms with E-state index in [2.05, 4.69) is 24.1 Å². The van der Waals surface area contributed by atoms with Crippen LogP contribution in [0, 0.1) is 0 Å². The average molecular weight is 233 g/mol. The lowest BCUT2D eigenvalue weighted by atomic mass is 9.82. The number of likely N-dealkylation sites (tertiary alicyclic amines) is 1. The van der Waals surface area contributed by atoms with Crippen molar-refractivity contribution in [2.75, 3.05) is 27.3 Å². The maximum absolute atomic E-state index is 5.92. The van der Waals surface area contributed by atoms with Crippen molar-refractivity contribution in [2.24, 2.45) is 0 Å². The number of likely N-dealkylation sites (N-methyl/N-ethyl adjacent to an activating group) is 1. The lowest BCUT2D eigenvalue weighted by Crippen LogP contribution is -2.47. The van der Waals surface area contributed by atoms with Gasteiger partial charge in [-0.05, 0) is 32.5 Å². The van der Waals surface area contributed by atoms with E-state index in [0.29, 0.717) is 12.0 Å². The lowest BCUT2D eigenvalue weighted by molar-refractivity contribution is 0.0848. The van der Waals surface area contributed by atoms with Crippen LogP contribution in [0.1, 0.15) is 24.3 Å². The molecule has 0 aromatic heterocycles. The summed E-state index contributed by atoms with van der Waals surface area (Å²) in [6.07, 6.45) is 2.53. The molecule has 0 spiro atoms. The van der Waals surface area contributed by atoms with Crippen LogP contribution in [0.5, 0.6) is 11.5 Å². The number of para-hydroxylation sites is 1. The molecule has 0 bridgehead atoms. The summed E-state index contributed by atoms with van der Waals surface area (Å²) < 4.78 is 11.3. The van der Waals surface area contributed by atoms with Crippen molar-refractivity contribution >= 4 is 0 Å². The summed E-state index contributed by atoms with van der Waals surface area (Å²) in [5.74, 6) is 2.44. The molecule has 0 saturated carbocycles. The summed E-state index contributed by atoms with van der Waals surface area (Å²) in [5.41, 5.74) is 1.33. The van der Waals surface area contributed by atoms with Crippen molar-refractivity contribution in [2.45, 2.75) is 24.8 Å². The number of piperidine rings is 1. The zero-order chi connectivity index (χ0) is 11.8. The molecule has 0 radical (unpaired) electrons. The molecule has 2 atom stereocenters. The average Bonchev–Trinajstić information content (AvgIpc) is 2.38. The van der Waals surface area contributed by atoms with Crippen molar-refractivity contribution in [3.63, 3.8) is 0 Å². The Morgan fingerprint density at radius 1 is 1.41 bits per heavy atom. The fourth-order valence-electron chi connectivity index (χ4n) is 3.14. The Bertz CT molecular complexity index is 419. The third kappa shape index (κ3) is 1.69. The van der Waals surface area contributed by atoms with Gasteiger partial charge < -0.3 is 9.47 Å². The summed E-state index contributed by atoms with van der Waals surface area (Å²) in [7, 11) is 3.91. The van der Waals surface area contributed by atoms with Gasteiger partial charge in [-0.2, -0.15) is 0 Å². The molecule has 1 aromatic carbocycles. The van der Waals surface area contributed by atoms with Crippen LogP contribution in [0.3, 0.4) is 0 Å². The summed E-state index contributed by atoms with van der Waals surface area (Å²) in [4.78, 5) is 2.43. The number of nitrogens with zero attached hydrogens (tertiary/aromatic N) is 1. The molecule has 3 nitrogen and oxygen atoms in total. The van der Waals surface area contributed by atoms with Gasteiger partial charge in [-0.1, -0.05) is 12.1 Å². The molecule has 0 amide bonds. The molecule has 17 heavy (non-hydrogen) atoms. The van der Waals surface area contributed by atoms with Crippen LogP contribution in [-0.4, -0.2) is 38.3 Å². The van der Waals surface area contributed by atoms with Gasteiger partial charge in [-0.15, -0.1) is 0 Å². The van der Waals surface area contributed by atoms with E-state index in [1.807, 2.05) is 6.07 Å². The van der Waals surface area contributed by atoms with E-state index in [-0.39, 0.29) is 0 Å². The molecule has 0 N–H and O–H groups in total. The largest absolute Gasteiger partial charge is 0.493 e. The molecule has 2 aliphatic heterocycles. The van der Waals surface area contributed by atoms with Gasteiger partial charge in [-0.3, -0.25) is 4.90 Å². The van der Waals surface area contributed by atoms with Crippen LogP contribution in [0.15, 0.2) is 18.2 Å². The number of ether oxygens (including phenoxy) is 2. The van der Waals surface area contributed by atoms with Crippen LogP contribution >= 0.6 is 0 Å². The first kappa shape index (κ1) is 10.9. The Morgan fingerprint density at radius 3 is 3.12 bits per heavy atom. The zero-order valence-electron chi connectivity index (χ0n) is 10.5. The van der Waals surface area contributed by atoms with Crippen molar-refractivity contribution in [1.29, 1.82) is 0 Å². The predicted molar refractivity (Wildman–Crippen MR) is 66.9 cm³/mol. The van der Waals surface area contributed by atoms with Crippen LogP contribution in [-0.2, 0) is 0 Å². The molecule has 0 unspecified atom stereocenters. The van der Waals surface area contributed by atoms with Crippen LogP contribution in [0.2, 0.25) is 0 Å². The topological polar surface area (TPSA) is 21.7 Å². The fourth-order valence-corrected chi connectivity index (χ4v) is 3.14. The first-order chi connectivity index (χ1) is 8.31. The molecular formula is C14H19NO2. The molecule has 3 heteroatoms. The molecular weight excluding hydrogens is 214 g/mol. The number of benzene rings is 1. The highest BCUT2D eigenvalue weighted by atomic mass is 16.5. The Morgan fingerprint density at radius 2 is 2.29 bits per heavy atom. The molecule has 92 valence electrons. The maximum atomic E-state index is 5.92. The van der Waals surface area contributed by atoms with E-state index in [4.69, 9.17) is 9.47 Å². The third-order valence-corrected chi connectivity index (χ3v) is 4.08. The number of fused-ring (bicyclic) bond motifs is 3. The standard InChI is InChI=1S/C14H19NO2/c1-15-8-4-6-10-11-5-3-7-13(16-2)14(11)17-9-12(10)15/h3,5,7,10,12H,4,6,8-9H2,1-2H3/t10-,12-/m0/s1. The van der Waals surface area contributed by atoms with Crippen molar-refractivity contribution in [3.8, 4) is 11.5 Å². The number of methoxy groups -OCH3 is 1. The van der Waals surface area contributed by atoms with E-state index in [0.717, 1.165) is 18.1 Å². The van der Waals surface area contributed by atoms with Crippen molar-refractivity contribution < 1.29 is 9.47 Å². The van der Waals surface area contributed by atoms with Gasteiger partial charge in [0.05, 0.1) is 13.2 Å². The van der Waals surface area contributed by atoms with E-state index in [1.165, 1.54) is 24.9 Å². The van der Waals surface area contributed by atoms with E-state index in [1.54, 1.807) is 7.11 Å². The van der Waals surface area contributed by atoms with E-state index in [9.17, 15) is 0 Å². The number of hydrogen-bond acceptors (Lipinski definition) is 3. The molecule has 3 rings (SSSR count). The Kier molecular flexibility index (Phi) is 2.71. The summed E-state index contributed by atoms with van der Waals surface area (Å²) in [5, 5.41) is 0. The van der Waals surface area contributed by atoms with Gasteiger partial charge in [0.1, 0.15) is 6.61 Å². The Labute approximate surface area is 102 Å². The zero-order valence-corrected chi connectivity index (χ0v) is 10.5. The van der Waals surface area contributed by atoms with Crippen LogP contribution < -0.4 is 9.47 Å². The highest BCUT2D eigenvalue weighted by Crippen LogP contribution is 2.44. The molecule has 1 fully saturated rings. The second-order valence-electron chi connectivity index (χ2n) is 4.99. The summed E-state index contributed by atoms with van der Waals surface area (Å²) >= 11 is 0. The first-order valence-corrected chi connectivity index (χ1v) is 6.31. The smallest absolute Gasteiger partial charge is 0.164 e. The van der Waals surface area contributed by atoms with Crippen LogP contribution in [0.4, 0.5) is 0 Å². The van der Waals surface area contributed by atoms with Gasteiger partial charge in [0.25, 0.3) is 0 Å². The second kappa shape index (κ2) is 4.22. The van der Waals surface area contributed by atoms with Gasteiger partial charge in [-0.25, -0.2) is 0 Å². The molecule has 1 saturated heterocycles. The monoisotopic (exact) mass is 233 g/mol. The minimum absolute atomic E-state index is 0.531. The maximum Gasteiger partial charge on any atom is 0.164 e. The highest BCUT2D eigenvalue weighted by molar-refractivity contribution is 5.50. The number of rotatable bonds is 1. The Hall–Kier alpha value is -1.22. The van der Waals surface area contributed by atoms with Crippen molar-refractivity contribution in [1.82, 2.24) is 4.90 Å².